The predicted molar refractivity (Wildman–Crippen MR) is 76.4 cm³/mol. The standard InChI is InChI=1S/C17H15NO/c19-17-15(12-13-8-10-18-11-9-13)7-6-14-4-2-1-3-5-16(14)17/h1-3,5,8-12H,4,6-7H2/b15-12-. The van der Waals surface area contributed by atoms with Crippen molar-refractivity contribution in [2.45, 2.75) is 19.3 Å². The molecule has 0 bridgehead atoms. The SMILES string of the molecule is O=C1C2=C(CC=CC=C2)CC/C1=C/c1ccncc1. The van der Waals surface area contributed by atoms with Crippen LogP contribution >= 0.6 is 0 Å². The fourth-order valence-corrected chi connectivity index (χ4v) is 2.51. The zero-order valence-corrected chi connectivity index (χ0v) is 10.7. The van der Waals surface area contributed by atoms with Crippen LogP contribution in [0, 0.1) is 0 Å². The molecule has 0 saturated heterocycles. The van der Waals surface area contributed by atoms with Crippen LogP contribution in [0.15, 0.2) is 65.5 Å². The second kappa shape index (κ2) is 5.19. The van der Waals surface area contributed by atoms with E-state index in [9.17, 15) is 4.79 Å². The summed E-state index contributed by atoms with van der Waals surface area (Å²) in [4.78, 5) is 16.5. The smallest absolute Gasteiger partial charge is 0.189 e. The van der Waals surface area contributed by atoms with Gasteiger partial charge in [-0.05, 0) is 43.0 Å². The van der Waals surface area contributed by atoms with Crippen LogP contribution in [0.3, 0.4) is 0 Å². The van der Waals surface area contributed by atoms with Crippen molar-refractivity contribution in [3.05, 3.63) is 71.1 Å². The molecule has 3 rings (SSSR count). The number of hydrogen-bond donors (Lipinski definition) is 0. The number of carbonyl (C=O) groups is 1. The molecule has 1 heterocycles. The van der Waals surface area contributed by atoms with Gasteiger partial charge in [-0.3, -0.25) is 9.78 Å². The van der Waals surface area contributed by atoms with E-state index in [1.807, 2.05) is 36.4 Å². The van der Waals surface area contributed by atoms with Crippen LogP contribution in [0.4, 0.5) is 0 Å². The van der Waals surface area contributed by atoms with Crippen molar-refractivity contribution in [1.82, 2.24) is 4.98 Å². The molecule has 0 radical (unpaired) electrons. The first-order chi connectivity index (χ1) is 9.34. The first kappa shape index (κ1) is 11.8. The van der Waals surface area contributed by atoms with Gasteiger partial charge in [-0.2, -0.15) is 0 Å². The fourth-order valence-electron chi connectivity index (χ4n) is 2.51. The lowest BCUT2D eigenvalue weighted by Crippen LogP contribution is -2.13. The first-order valence-electron chi connectivity index (χ1n) is 6.55. The number of carbonyl (C=O) groups excluding carboxylic acids is 1. The lowest BCUT2D eigenvalue weighted by Gasteiger charge is -2.18. The van der Waals surface area contributed by atoms with Gasteiger partial charge in [-0.1, -0.05) is 29.9 Å². The van der Waals surface area contributed by atoms with E-state index < -0.39 is 0 Å². The summed E-state index contributed by atoms with van der Waals surface area (Å²) in [7, 11) is 0. The first-order valence-corrected chi connectivity index (χ1v) is 6.55. The Hall–Kier alpha value is -2.22. The van der Waals surface area contributed by atoms with E-state index in [-0.39, 0.29) is 5.78 Å². The highest BCUT2D eigenvalue weighted by Gasteiger charge is 2.22. The molecule has 0 saturated carbocycles. The van der Waals surface area contributed by atoms with Crippen molar-refractivity contribution in [1.29, 1.82) is 0 Å². The van der Waals surface area contributed by atoms with Gasteiger partial charge in [0.1, 0.15) is 0 Å². The highest BCUT2D eigenvalue weighted by molar-refractivity contribution is 6.14. The summed E-state index contributed by atoms with van der Waals surface area (Å²) < 4.78 is 0. The maximum atomic E-state index is 12.5. The molecule has 94 valence electrons. The van der Waals surface area contributed by atoms with Gasteiger partial charge in [-0.25, -0.2) is 0 Å². The second-order valence-electron chi connectivity index (χ2n) is 4.79. The summed E-state index contributed by atoms with van der Waals surface area (Å²) in [5.41, 5.74) is 4.09. The molecule has 19 heavy (non-hydrogen) atoms. The minimum atomic E-state index is 0.179. The Morgan fingerprint density at radius 2 is 1.95 bits per heavy atom. The van der Waals surface area contributed by atoms with Crippen LogP contribution in [0.5, 0.6) is 0 Å². The van der Waals surface area contributed by atoms with Gasteiger partial charge in [-0.15, -0.1) is 0 Å². The summed E-state index contributed by atoms with van der Waals surface area (Å²) in [5, 5.41) is 0. The second-order valence-corrected chi connectivity index (χ2v) is 4.79. The molecule has 2 nitrogen and oxygen atoms in total. The molecular weight excluding hydrogens is 234 g/mol. The molecule has 2 aliphatic rings. The van der Waals surface area contributed by atoms with Crippen molar-refractivity contribution >= 4 is 11.9 Å². The van der Waals surface area contributed by atoms with Crippen molar-refractivity contribution < 1.29 is 4.79 Å². The number of hydrogen-bond acceptors (Lipinski definition) is 2. The molecule has 0 atom stereocenters. The van der Waals surface area contributed by atoms with Gasteiger partial charge < -0.3 is 0 Å². The van der Waals surface area contributed by atoms with E-state index in [0.29, 0.717) is 0 Å². The highest BCUT2D eigenvalue weighted by Crippen LogP contribution is 2.31. The topological polar surface area (TPSA) is 30.0 Å². The molecule has 0 aromatic carbocycles. The van der Waals surface area contributed by atoms with Gasteiger partial charge in [0.05, 0.1) is 0 Å². The molecule has 0 fully saturated rings. The van der Waals surface area contributed by atoms with Gasteiger partial charge in [0.2, 0.25) is 0 Å². The van der Waals surface area contributed by atoms with Crippen molar-refractivity contribution in [3.8, 4) is 0 Å². The zero-order valence-electron chi connectivity index (χ0n) is 10.7. The van der Waals surface area contributed by atoms with Crippen LogP contribution in [0.1, 0.15) is 24.8 Å². The lowest BCUT2D eigenvalue weighted by atomic mass is 9.85. The molecule has 0 unspecified atom stereocenters. The van der Waals surface area contributed by atoms with E-state index in [2.05, 4.69) is 11.1 Å². The summed E-state index contributed by atoms with van der Waals surface area (Å²) >= 11 is 0. The number of allylic oxidation sites excluding steroid dienone is 7. The predicted octanol–water partition coefficient (Wildman–Crippen LogP) is 3.64. The molecule has 1 aromatic rings. The van der Waals surface area contributed by atoms with Crippen LogP contribution in [0.25, 0.3) is 6.08 Å². The number of pyridine rings is 1. The molecule has 0 N–H and O–H groups in total. The van der Waals surface area contributed by atoms with E-state index in [0.717, 1.165) is 36.0 Å². The third-order valence-electron chi connectivity index (χ3n) is 3.53. The Bertz CT molecular complexity index is 618. The quantitative estimate of drug-likeness (QED) is 0.711. The van der Waals surface area contributed by atoms with Crippen LogP contribution in [0.2, 0.25) is 0 Å². The summed E-state index contributed by atoms with van der Waals surface area (Å²) in [6.45, 7) is 0. The largest absolute Gasteiger partial charge is 0.289 e. The molecular formula is C17H15NO. The molecule has 2 aliphatic carbocycles. The van der Waals surface area contributed by atoms with Crippen LogP contribution in [-0.4, -0.2) is 10.8 Å². The average molecular weight is 249 g/mol. The van der Waals surface area contributed by atoms with Crippen molar-refractivity contribution in [2.24, 2.45) is 0 Å². The van der Waals surface area contributed by atoms with Gasteiger partial charge in [0, 0.05) is 23.5 Å². The van der Waals surface area contributed by atoms with Crippen LogP contribution in [-0.2, 0) is 4.79 Å². The Labute approximate surface area is 112 Å². The Balaban J connectivity index is 1.94. The molecule has 2 heteroatoms. The van der Waals surface area contributed by atoms with Gasteiger partial charge in [0.15, 0.2) is 5.78 Å². The third-order valence-corrected chi connectivity index (χ3v) is 3.53. The minimum Gasteiger partial charge on any atom is -0.289 e. The van der Waals surface area contributed by atoms with E-state index >= 15 is 0 Å². The number of Topliss-reactive ketones (excluding diaryl/α,β-unsaturated/α-hetero) is 1. The van der Waals surface area contributed by atoms with E-state index in [1.54, 1.807) is 12.4 Å². The van der Waals surface area contributed by atoms with Gasteiger partial charge in [0.25, 0.3) is 0 Å². The number of ketones is 1. The zero-order chi connectivity index (χ0) is 13.1. The molecule has 0 spiro atoms. The summed E-state index contributed by atoms with van der Waals surface area (Å²) in [5.74, 6) is 0.179. The molecule has 0 amide bonds. The van der Waals surface area contributed by atoms with Gasteiger partial charge >= 0.3 is 0 Å². The third kappa shape index (κ3) is 2.48. The highest BCUT2D eigenvalue weighted by atomic mass is 16.1. The average Bonchev–Trinajstić information content (AvgIpc) is 2.69. The van der Waals surface area contributed by atoms with Crippen molar-refractivity contribution in [2.75, 3.05) is 0 Å². The Morgan fingerprint density at radius 3 is 2.79 bits per heavy atom. The lowest BCUT2D eigenvalue weighted by molar-refractivity contribution is -0.112. The summed E-state index contributed by atoms with van der Waals surface area (Å²) in [6, 6.07) is 3.85. The normalized spacial score (nSPS) is 20.6. The monoisotopic (exact) mass is 249 g/mol. The Kier molecular flexibility index (Phi) is 3.23. The number of nitrogens with zero attached hydrogens (tertiary/aromatic N) is 1. The maximum Gasteiger partial charge on any atom is 0.189 e. The summed E-state index contributed by atoms with van der Waals surface area (Å²) in [6.07, 6.45) is 16.2. The number of rotatable bonds is 1. The minimum absolute atomic E-state index is 0.179. The maximum absolute atomic E-state index is 12.5. The van der Waals surface area contributed by atoms with E-state index in [4.69, 9.17) is 0 Å². The molecule has 1 aromatic heterocycles. The molecule has 0 aliphatic heterocycles. The fraction of sp³-hybridized carbons (Fsp3) is 0.176. The number of aromatic nitrogens is 1. The van der Waals surface area contributed by atoms with E-state index in [1.165, 1.54) is 5.57 Å². The Morgan fingerprint density at radius 1 is 1.11 bits per heavy atom. The van der Waals surface area contributed by atoms with Crippen LogP contribution < -0.4 is 0 Å². The van der Waals surface area contributed by atoms with Crippen molar-refractivity contribution in [3.63, 3.8) is 0 Å².